The van der Waals surface area contributed by atoms with Gasteiger partial charge in [0.1, 0.15) is 0 Å². The number of hydrogen-bond donors (Lipinski definition) is 2. The van der Waals surface area contributed by atoms with E-state index in [0.29, 0.717) is 17.9 Å². The Morgan fingerprint density at radius 1 is 1.05 bits per heavy atom. The van der Waals surface area contributed by atoms with Crippen molar-refractivity contribution < 1.29 is 19.8 Å². The van der Waals surface area contributed by atoms with E-state index in [9.17, 15) is 19.8 Å². The zero-order valence-corrected chi connectivity index (χ0v) is 13.7. The first-order chi connectivity index (χ1) is 10.4. The normalized spacial score (nSPS) is 10.9. The average molecular weight is 306 g/mol. The standard InChI is InChI=1S/C18H26O4/c1-4-7-13-10-11-15(17(19)20)16(18(21)22)14(13)9-6-5-8-12(2)3/h10-12H,4-9H2,1-3H3,(H,19,20)(H,21,22). The maximum atomic E-state index is 11.6. The highest BCUT2D eigenvalue weighted by Crippen LogP contribution is 2.24. The van der Waals surface area contributed by atoms with E-state index in [0.717, 1.165) is 37.7 Å². The lowest BCUT2D eigenvalue weighted by Gasteiger charge is -2.15. The molecule has 0 aliphatic carbocycles. The number of carboxylic acids is 2. The summed E-state index contributed by atoms with van der Waals surface area (Å²) in [5, 5.41) is 18.7. The highest BCUT2D eigenvalue weighted by Gasteiger charge is 2.22. The van der Waals surface area contributed by atoms with Crippen LogP contribution < -0.4 is 0 Å². The van der Waals surface area contributed by atoms with Gasteiger partial charge in [-0.3, -0.25) is 0 Å². The molecule has 4 heteroatoms. The Labute approximate surface area is 132 Å². The monoisotopic (exact) mass is 306 g/mol. The number of carboxylic acid groups (broad SMARTS) is 2. The second-order valence-electron chi connectivity index (χ2n) is 6.13. The van der Waals surface area contributed by atoms with Gasteiger partial charge in [0.05, 0.1) is 11.1 Å². The summed E-state index contributed by atoms with van der Waals surface area (Å²) in [4.78, 5) is 22.9. The summed E-state index contributed by atoms with van der Waals surface area (Å²) < 4.78 is 0. The second kappa shape index (κ2) is 8.57. The van der Waals surface area contributed by atoms with Gasteiger partial charge in [-0.05, 0) is 42.4 Å². The van der Waals surface area contributed by atoms with Crippen LogP contribution in [0.15, 0.2) is 12.1 Å². The maximum absolute atomic E-state index is 11.6. The van der Waals surface area contributed by atoms with E-state index in [2.05, 4.69) is 13.8 Å². The Hall–Kier alpha value is -1.84. The van der Waals surface area contributed by atoms with Crippen LogP contribution in [0.4, 0.5) is 0 Å². The highest BCUT2D eigenvalue weighted by molar-refractivity contribution is 6.03. The largest absolute Gasteiger partial charge is 0.478 e. The SMILES string of the molecule is CCCc1ccc(C(=O)O)c(C(=O)O)c1CCCCC(C)C. The van der Waals surface area contributed by atoms with Crippen molar-refractivity contribution in [3.05, 3.63) is 34.4 Å². The lowest BCUT2D eigenvalue weighted by Crippen LogP contribution is -2.14. The minimum atomic E-state index is -1.18. The lowest BCUT2D eigenvalue weighted by molar-refractivity contribution is 0.0650. The maximum Gasteiger partial charge on any atom is 0.336 e. The van der Waals surface area contributed by atoms with Crippen LogP contribution >= 0.6 is 0 Å². The molecule has 0 aromatic heterocycles. The van der Waals surface area contributed by atoms with Crippen LogP contribution in [-0.4, -0.2) is 22.2 Å². The smallest absolute Gasteiger partial charge is 0.336 e. The number of aryl methyl sites for hydroxylation is 1. The van der Waals surface area contributed by atoms with Crippen LogP contribution in [0.25, 0.3) is 0 Å². The minimum absolute atomic E-state index is 0.0250. The third kappa shape index (κ3) is 4.86. The molecule has 0 saturated carbocycles. The van der Waals surface area contributed by atoms with Crippen molar-refractivity contribution in [1.82, 2.24) is 0 Å². The summed E-state index contributed by atoms with van der Waals surface area (Å²) in [5.41, 5.74) is 1.54. The summed E-state index contributed by atoms with van der Waals surface area (Å²) in [7, 11) is 0. The molecule has 0 spiro atoms. The zero-order valence-electron chi connectivity index (χ0n) is 13.7. The van der Waals surface area contributed by atoms with E-state index < -0.39 is 11.9 Å². The van der Waals surface area contributed by atoms with Gasteiger partial charge in [-0.15, -0.1) is 0 Å². The first-order valence-corrected chi connectivity index (χ1v) is 7.99. The predicted octanol–water partition coefficient (Wildman–Crippen LogP) is 4.40. The van der Waals surface area contributed by atoms with Crippen molar-refractivity contribution in [2.75, 3.05) is 0 Å². The highest BCUT2D eigenvalue weighted by atomic mass is 16.4. The van der Waals surface area contributed by atoms with Gasteiger partial charge in [-0.2, -0.15) is 0 Å². The van der Waals surface area contributed by atoms with E-state index in [4.69, 9.17) is 0 Å². The topological polar surface area (TPSA) is 74.6 Å². The second-order valence-corrected chi connectivity index (χ2v) is 6.13. The molecule has 1 aromatic carbocycles. The molecule has 4 nitrogen and oxygen atoms in total. The molecule has 0 bridgehead atoms. The van der Waals surface area contributed by atoms with E-state index in [1.54, 1.807) is 6.07 Å². The van der Waals surface area contributed by atoms with Gasteiger partial charge in [-0.25, -0.2) is 9.59 Å². The number of unbranched alkanes of at least 4 members (excludes halogenated alkanes) is 1. The van der Waals surface area contributed by atoms with Gasteiger partial charge in [0, 0.05) is 0 Å². The Morgan fingerprint density at radius 3 is 2.23 bits per heavy atom. The molecule has 0 aliphatic heterocycles. The molecule has 0 amide bonds. The summed E-state index contributed by atoms with van der Waals surface area (Å²) in [5.74, 6) is -1.70. The van der Waals surface area contributed by atoms with Crippen LogP contribution in [0.5, 0.6) is 0 Å². The van der Waals surface area contributed by atoms with Crippen molar-refractivity contribution in [1.29, 1.82) is 0 Å². The van der Waals surface area contributed by atoms with Gasteiger partial charge in [-0.1, -0.05) is 46.1 Å². The van der Waals surface area contributed by atoms with Crippen LogP contribution in [0.3, 0.4) is 0 Å². The Bertz CT molecular complexity index is 532. The third-order valence-electron chi connectivity index (χ3n) is 3.83. The molecule has 122 valence electrons. The molecular formula is C18H26O4. The van der Waals surface area contributed by atoms with Crippen molar-refractivity contribution in [3.63, 3.8) is 0 Å². The molecule has 1 aromatic rings. The van der Waals surface area contributed by atoms with Crippen LogP contribution in [0.2, 0.25) is 0 Å². The summed E-state index contributed by atoms with van der Waals surface area (Å²) >= 11 is 0. The van der Waals surface area contributed by atoms with Crippen molar-refractivity contribution >= 4 is 11.9 Å². The number of benzene rings is 1. The number of aromatic carboxylic acids is 2. The van der Waals surface area contributed by atoms with Gasteiger partial charge >= 0.3 is 11.9 Å². The molecule has 0 atom stereocenters. The minimum Gasteiger partial charge on any atom is -0.478 e. The molecule has 0 fully saturated rings. The van der Waals surface area contributed by atoms with Crippen molar-refractivity contribution in [2.45, 2.75) is 59.3 Å². The Morgan fingerprint density at radius 2 is 1.73 bits per heavy atom. The summed E-state index contributed by atoms with van der Waals surface area (Å²) in [6.45, 7) is 6.36. The molecule has 0 saturated heterocycles. The first kappa shape index (κ1) is 18.2. The van der Waals surface area contributed by atoms with Crippen molar-refractivity contribution in [3.8, 4) is 0 Å². The summed E-state index contributed by atoms with van der Waals surface area (Å²) in [6, 6.07) is 3.20. The average Bonchev–Trinajstić information content (AvgIpc) is 2.43. The number of hydrogen-bond acceptors (Lipinski definition) is 2. The lowest BCUT2D eigenvalue weighted by atomic mass is 9.89. The molecular weight excluding hydrogens is 280 g/mol. The van der Waals surface area contributed by atoms with E-state index in [-0.39, 0.29) is 11.1 Å². The molecule has 0 heterocycles. The fraction of sp³-hybridized carbons (Fsp3) is 0.556. The Kier molecular flexibility index (Phi) is 7.09. The molecule has 1 rings (SSSR count). The third-order valence-corrected chi connectivity index (χ3v) is 3.83. The van der Waals surface area contributed by atoms with Gasteiger partial charge in [0.25, 0.3) is 0 Å². The first-order valence-electron chi connectivity index (χ1n) is 7.99. The zero-order chi connectivity index (χ0) is 16.7. The van der Waals surface area contributed by atoms with Crippen molar-refractivity contribution in [2.24, 2.45) is 5.92 Å². The quantitative estimate of drug-likeness (QED) is 0.663. The Balaban J connectivity index is 3.14. The van der Waals surface area contributed by atoms with E-state index in [1.165, 1.54) is 6.07 Å². The van der Waals surface area contributed by atoms with E-state index in [1.807, 2.05) is 6.92 Å². The number of carbonyl (C=O) groups is 2. The van der Waals surface area contributed by atoms with Crippen LogP contribution in [-0.2, 0) is 12.8 Å². The molecule has 2 N–H and O–H groups in total. The molecule has 0 radical (unpaired) electrons. The van der Waals surface area contributed by atoms with Crippen LogP contribution in [0.1, 0.15) is 78.3 Å². The summed E-state index contributed by atoms with van der Waals surface area (Å²) in [6.07, 6.45) is 5.33. The van der Waals surface area contributed by atoms with Gasteiger partial charge in [0.15, 0.2) is 0 Å². The molecule has 22 heavy (non-hydrogen) atoms. The van der Waals surface area contributed by atoms with E-state index >= 15 is 0 Å². The van der Waals surface area contributed by atoms with Gasteiger partial charge < -0.3 is 10.2 Å². The van der Waals surface area contributed by atoms with Crippen LogP contribution in [0, 0.1) is 5.92 Å². The molecule has 0 unspecified atom stereocenters. The fourth-order valence-electron chi connectivity index (χ4n) is 2.76. The van der Waals surface area contributed by atoms with Gasteiger partial charge in [0.2, 0.25) is 0 Å². The fourth-order valence-corrected chi connectivity index (χ4v) is 2.76. The predicted molar refractivity (Wildman–Crippen MR) is 86.7 cm³/mol. The molecule has 0 aliphatic rings. The number of rotatable bonds is 9.